The molecule has 0 aliphatic heterocycles. The molecule has 0 spiro atoms. The summed E-state index contributed by atoms with van der Waals surface area (Å²) in [4.78, 5) is 4.23. The summed E-state index contributed by atoms with van der Waals surface area (Å²) in [5.41, 5.74) is 3.36. The Morgan fingerprint density at radius 2 is 2.21 bits per heavy atom. The highest BCUT2D eigenvalue weighted by Gasteiger charge is 2.23. The number of nitrogens with one attached hydrogen (secondary N) is 1. The normalized spacial score (nSPS) is 12.4. The van der Waals surface area contributed by atoms with Crippen molar-refractivity contribution in [2.75, 3.05) is 13.7 Å². The molecule has 1 atom stereocenters. The van der Waals surface area contributed by atoms with Crippen molar-refractivity contribution in [1.29, 1.82) is 0 Å². The van der Waals surface area contributed by atoms with E-state index in [0.717, 1.165) is 23.6 Å². The van der Waals surface area contributed by atoms with E-state index in [9.17, 15) is 0 Å². The van der Waals surface area contributed by atoms with Crippen LogP contribution in [0.15, 0.2) is 24.7 Å². The van der Waals surface area contributed by atoms with Crippen LogP contribution in [0.3, 0.4) is 0 Å². The van der Waals surface area contributed by atoms with E-state index in [1.165, 1.54) is 5.56 Å². The number of ether oxygens (including phenoxy) is 1. The van der Waals surface area contributed by atoms with Crippen LogP contribution in [0.4, 0.5) is 0 Å². The van der Waals surface area contributed by atoms with Crippen molar-refractivity contribution in [3.63, 3.8) is 0 Å². The molecule has 0 saturated heterocycles. The maximum Gasteiger partial charge on any atom is 0.161 e. The van der Waals surface area contributed by atoms with Crippen LogP contribution in [-0.4, -0.2) is 28.4 Å². The van der Waals surface area contributed by atoms with Crippen molar-refractivity contribution in [2.45, 2.75) is 19.9 Å². The average Bonchev–Trinajstić information content (AvgIpc) is 2.78. The van der Waals surface area contributed by atoms with Gasteiger partial charge in [-0.3, -0.25) is 9.67 Å². The topological polar surface area (TPSA) is 52.0 Å². The highest BCUT2D eigenvalue weighted by Crippen LogP contribution is 2.30. The molecule has 2 aromatic rings. The van der Waals surface area contributed by atoms with Crippen LogP contribution in [0.5, 0.6) is 5.75 Å². The number of methoxy groups -OCH3 is 1. The quantitative estimate of drug-likeness (QED) is 0.891. The van der Waals surface area contributed by atoms with E-state index in [1.54, 1.807) is 13.3 Å². The molecule has 0 bridgehead atoms. The molecular formula is C14H20N4O. The summed E-state index contributed by atoms with van der Waals surface area (Å²) >= 11 is 0. The molecule has 2 heterocycles. The summed E-state index contributed by atoms with van der Waals surface area (Å²) in [5.74, 6) is 0.789. The van der Waals surface area contributed by atoms with E-state index >= 15 is 0 Å². The summed E-state index contributed by atoms with van der Waals surface area (Å²) in [6, 6.07) is 2.05. The van der Waals surface area contributed by atoms with Gasteiger partial charge in [0.15, 0.2) is 5.75 Å². The molecule has 2 rings (SSSR count). The highest BCUT2D eigenvalue weighted by molar-refractivity contribution is 5.38. The second-order valence-electron chi connectivity index (χ2n) is 4.44. The van der Waals surface area contributed by atoms with Gasteiger partial charge in [-0.15, -0.1) is 0 Å². The van der Waals surface area contributed by atoms with Gasteiger partial charge in [-0.2, -0.15) is 5.10 Å². The van der Waals surface area contributed by atoms with Crippen LogP contribution in [0.2, 0.25) is 0 Å². The fourth-order valence-electron chi connectivity index (χ4n) is 2.25. The highest BCUT2D eigenvalue weighted by atomic mass is 16.5. The van der Waals surface area contributed by atoms with Gasteiger partial charge in [-0.25, -0.2) is 0 Å². The number of pyridine rings is 1. The zero-order valence-corrected chi connectivity index (χ0v) is 11.8. The monoisotopic (exact) mass is 260 g/mol. The molecular weight excluding hydrogens is 240 g/mol. The van der Waals surface area contributed by atoms with Crippen molar-refractivity contribution < 1.29 is 4.74 Å². The minimum Gasteiger partial charge on any atom is -0.493 e. The summed E-state index contributed by atoms with van der Waals surface area (Å²) in [5, 5.41) is 7.75. The largest absolute Gasteiger partial charge is 0.493 e. The first-order chi connectivity index (χ1) is 9.19. The lowest BCUT2D eigenvalue weighted by molar-refractivity contribution is 0.401. The van der Waals surface area contributed by atoms with Crippen LogP contribution < -0.4 is 10.1 Å². The van der Waals surface area contributed by atoms with Crippen LogP contribution >= 0.6 is 0 Å². The lowest BCUT2D eigenvalue weighted by atomic mass is 10.0. The Balaban J connectivity index is 2.51. The summed E-state index contributed by atoms with van der Waals surface area (Å²) in [7, 11) is 3.59. The fraction of sp³-hybridized carbons (Fsp3) is 0.429. The Bertz CT molecular complexity index is 550. The third-order valence-corrected chi connectivity index (χ3v) is 3.24. The Hall–Kier alpha value is -1.88. The third kappa shape index (κ3) is 2.61. The lowest BCUT2D eigenvalue weighted by Crippen LogP contribution is -2.25. The first-order valence-corrected chi connectivity index (χ1v) is 6.38. The van der Waals surface area contributed by atoms with Gasteiger partial charge in [-0.05, 0) is 30.7 Å². The predicted octanol–water partition coefficient (Wildman–Crippen LogP) is 1.83. The molecule has 19 heavy (non-hydrogen) atoms. The van der Waals surface area contributed by atoms with E-state index in [2.05, 4.69) is 29.2 Å². The van der Waals surface area contributed by atoms with Crippen LogP contribution in [0, 0.1) is 6.92 Å². The van der Waals surface area contributed by atoms with Gasteiger partial charge in [0.05, 0.1) is 19.3 Å². The molecule has 0 radical (unpaired) electrons. The van der Waals surface area contributed by atoms with Crippen molar-refractivity contribution in [1.82, 2.24) is 20.1 Å². The van der Waals surface area contributed by atoms with Crippen molar-refractivity contribution >= 4 is 0 Å². The molecule has 5 heteroatoms. The number of aromatic nitrogens is 3. The van der Waals surface area contributed by atoms with Crippen LogP contribution in [-0.2, 0) is 7.05 Å². The van der Waals surface area contributed by atoms with Gasteiger partial charge in [0.25, 0.3) is 0 Å². The van der Waals surface area contributed by atoms with Gasteiger partial charge >= 0.3 is 0 Å². The first kappa shape index (κ1) is 13.5. The van der Waals surface area contributed by atoms with E-state index in [4.69, 9.17) is 4.74 Å². The molecule has 0 aliphatic carbocycles. The summed E-state index contributed by atoms with van der Waals surface area (Å²) < 4.78 is 7.26. The van der Waals surface area contributed by atoms with Gasteiger partial charge in [0, 0.05) is 19.4 Å². The summed E-state index contributed by atoms with van der Waals surface area (Å²) in [6.45, 7) is 5.03. The molecule has 0 saturated carbocycles. The maximum atomic E-state index is 5.41. The Kier molecular flexibility index (Phi) is 4.16. The first-order valence-electron chi connectivity index (χ1n) is 6.38. The maximum absolute atomic E-state index is 5.41. The predicted molar refractivity (Wildman–Crippen MR) is 74.3 cm³/mol. The fourth-order valence-corrected chi connectivity index (χ4v) is 2.25. The lowest BCUT2D eigenvalue weighted by Gasteiger charge is -2.21. The van der Waals surface area contributed by atoms with Gasteiger partial charge in [0.1, 0.15) is 5.69 Å². The smallest absolute Gasteiger partial charge is 0.161 e. The number of nitrogens with zero attached hydrogens (tertiary/aromatic N) is 3. The van der Waals surface area contributed by atoms with E-state index in [-0.39, 0.29) is 6.04 Å². The van der Waals surface area contributed by atoms with Crippen molar-refractivity contribution in [2.24, 2.45) is 7.05 Å². The zero-order chi connectivity index (χ0) is 13.8. The number of hydrogen-bond acceptors (Lipinski definition) is 4. The van der Waals surface area contributed by atoms with Gasteiger partial charge in [-0.1, -0.05) is 6.92 Å². The molecule has 0 aromatic carbocycles. The minimum absolute atomic E-state index is 0.0288. The Labute approximate surface area is 113 Å². The zero-order valence-electron chi connectivity index (χ0n) is 11.8. The molecule has 0 amide bonds. The van der Waals surface area contributed by atoms with E-state index in [1.807, 2.05) is 30.2 Å². The molecule has 0 fully saturated rings. The Morgan fingerprint density at radius 1 is 1.42 bits per heavy atom. The van der Waals surface area contributed by atoms with E-state index < -0.39 is 0 Å². The molecule has 102 valence electrons. The molecule has 2 aromatic heterocycles. The van der Waals surface area contributed by atoms with E-state index in [0.29, 0.717) is 0 Å². The molecule has 5 nitrogen and oxygen atoms in total. The molecule has 0 aliphatic rings. The minimum atomic E-state index is 0.0288. The number of rotatable bonds is 5. The number of hydrogen-bond donors (Lipinski definition) is 1. The Morgan fingerprint density at radius 3 is 2.84 bits per heavy atom. The summed E-state index contributed by atoms with van der Waals surface area (Å²) in [6.07, 6.45) is 5.45. The van der Waals surface area contributed by atoms with Gasteiger partial charge in [0.2, 0.25) is 0 Å². The third-order valence-electron chi connectivity index (χ3n) is 3.24. The van der Waals surface area contributed by atoms with Crippen molar-refractivity contribution in [3.8, 4) is 5.75 Å². The number of aryl methyl sites for hydroxylation is 2. The molecule has 1 N–H and O–H groups in total. The van der Waals surface area contributed by atoms with Crippen LogP contribution in [0.25, 0.3) is 0 Å². The average molecular weight is 260 g/mol. The van der Waals surface area contributed by atoms with Gasteiger partial charge < -0.3 is 10.1 Å². The molecule has 1 unspecified atom stereocenters. The SMILES string of the molecule is CCNC(c1cnccc1C)c1c(OC)cnn1C. The second kappa shape index (κ2) is 5.84. The van der Waals surface area contributed by atoms with Crippen molar-refractivity contribution in [3.05, 3.63) is 41.5 Å². The second-order valence-corrected chi connectivity index (χ2v) is 4.44. The standard InChI is InChI=1S/C14H20N4O/c1-5-16-13(11-8-15-7-6-10(11)2)14-12(19-4)9-17-18(14)3/h6-9,13,16H,5H2,1-4H3. The van der Waals surface area contributed by atoms with Crippen LogP contribution in [0.1, 0.15) is 29.8 Å².